The Morgan fingerprint density at radius 1 is 0.469 bits per heavy atom. The first kappa shape index (κ1) is 46.7. The van der Waals surface area contributed by atoms with Crippen molar-refractivity contribution in [1.29, 1.82) is 0 Å². The van der Waals surface area contributed by atoms with Gasteiger partial charge in [0.2, 0.25) is 0 Å². The molecule has 0 spiro atoms. The Labute approximate surface area is 305 Å². The molecule has 4 aliphatic rings. The summed E-state index contributed by atoms with van der Waals surface area (Å²) in [5.74, 6) is 1.04. The summed E-state index contributed by atoms with van der Waals surface area (Å²) >= 11 is 0. The lowest BCUT2D eigenvalue weighted by Gasteiger charge is -2.45. The van der Waals surface area contributed by atoms with Gasteiger partial charge in [-0.25, -0.2) is 0 Å². The third kappa shape index (κ3) is 18.3. The van der Waals surface area contributed by atoms with Crippen LogP contribution in [0, 0.1) is 11.8 Å². The minimum atomic E-state index is -0.335. The second-order valence-electron chi connectivity index (χ2n) is 20.1. The van der Waals surface area contributed by atoms with Crippen molar-refractivity contribution in [1.82, 2.24) is 19.6 Å². The van der Waals surface area contributed by atoms with Gasteiger partial charge >= 0.3 is 0 Å². The molecule has 7 atom stereocenters. The van der Waals surface area contributed by atoms with Crippen molar-refractivity contribution in [2.75, 3.05) is 52.4 Å². The molecular weight excluding hydrogens is 608 g/mol. The predicted octanol–water partition coefficient (Wildman–Crippen LogP) is 5.08. The van der Waals surface area contributed by atoms with Gasteiger partial charge in [0, 0.05) is 85.6 Å². The molecule has 4 heterocycles. The van der Waals surface area contributed by atoms with Crippen LogP contribution in [0.1, 0.15) is 142 Å². The Morgan fingerprint density at radius 3 is 1.43 bits per heavy atom. The van der Waals surface area contributed by atoms with Crippen LogP contribution in [0.15, 0.2) is 0 Å². The fourth-order valence-corrected chi connectivity index (χ4v) is 7.39. The highest BCUT2D eigenvalue weighted by molar-refractivity contribution is 4.92. The van der Waals surface area contributed by atoms with E-state index in [0.717, 1.165) is 38.5 Å². The lowest BCUT2D eigenvalue weighted by atomic mass is 9.89. The zero-order chi connectivity index (χ0) is 38.0. The molecule has 7 unspecified atom stereocenters. The molecule has 294 valence electrons. The van der Waals surface area contributed by atoms with Crippen LogP contribution >= 0.6 is 0 Å². The molecule has 0 aromatic carbocycles. The number of hydrogen-bond donors (Lipinski definition) is 5. The van der Waals surface area contributed by atoms with Crippen molar-refractivity contribution in [3.8, 4) is 0 Å². The van der Waals surface area contributed by atoms with E-state index in [-0.39, 0.29) is 29.1 Å². The number of rotatable bonds is 0. The van der Waals surface area contributed by atoms with Gasteiger partial charge in [0.25, 0.3) is 0 Å². The number of aliphatic hydroxyl groups excluding tert-OH is 1. The van der Waals surface area contributed by atoms with E-state index in [1.54, 1.807) is 0 Å². The zero-order valence-electron chi connectivity index (χ0n) is 35.2. The average molecular weight is 697 g/mol. The van der Waals surface area contributed by atoms with Crippen LogP contribution in [-0.2, 0) is 0 Å². The summed E-state index contributed by atoms with van der Waals surface area (Å²) in [5, 5.41) is 9.68. The highest BCUT2D eigenvalue weighted by Gasteiger charge is 2.35. The van der Waals surface area contributed by atoms with Crippen LogP contribution in [0.5, 0.6) is 0 Å². The Balaban J connectivity index is 0.000000327. The summed E-state index contributed by atoms with van der Waals surface area (Å²) in [6.07, 6.45) is 8.29. The lowest BCUT2D eigenvalue weighted by Crippen LogP contribution is -2.60. The summed E-state index contributed by atoms with van der Waals surface area (Å²) in [7, 11) is 0. The van der Waals surface area contributed by atoms with Crippen LogP contribution in [-0.4, -0.2) is 129 Å². The number of nitrogens with zero attached hydrogens (tertiary/aromatic N) is 4. The summed E-state index contributed by atoms with van der Waals surface area (Å²) in [5.41, 5.74) is 24.8. The van der Waals surface area contributed by atoms with E-state index in [1.807, 2.05) is 0 Å². The first-order valence-electron chi connectivity index (χ1n) is 19.9. The highest BCUT2D eigenvalue weighted by Crippen LogP contribution is 2.24. The fraction of sp³-hybridized carbons (Fsp3) is 1.00. The molecule has 4 rings (SSSR count). The van der Waals surface area contributed by atoms with E-state index in [1.165, 1.54) is 64.7 Å². The third-order valence-corrected chi connectivity index (χ3v) is 10.9. The SMILES string of the molecule is CC(C)(C)N1CCCC(N)CC1.CC(C)(C)N1CCCCC(N)C1.CC1CC(N)CN(C(C)(C)C)C1.CC1CN(C(C)(C)C)CC(N)C1O. The van der Waals surface area contributed by atoms with E-state index < -0.39 is 0 Å². The molecule has 4 aliphatic heterocycles. The molecule has 9 N–H and O–H groups in total. The van der Waals surface area contributed by atoms with E-state index >= 15 is 0 Å². The summed E-state index contributed by atoms with van der Waals surface area (Å²) < 4.78 is 0. The van der Waals surface area contributed by atoms with Crippen LogP contribution in [0.2, 0.25) is 0 Å². The van der Waals surface area contributed by atoms with Gasteiger partial charge in [-0.3, -0.25) is 19.6 Å². The average Bonchev–Trinajstić information content (AvgIpc) is 3.30. The summed E-state index contributed by atoms with van der Waals surface area (Å²) in [6.45, 7) is 40.0. The quantitative estimate of drug-likeness (QED) is 0.235. The van der Waals surface area contributed by atoms with Crippen molar-refractivity contribution in [3.05, 3.63) is 0 Å². The van der Waals surface area contributed by atoms with Gasteiger partial charge in [-0.1, -0.05) is 20.3 Å². The number of likely N-dealkylation sites (tertiary alicyclic amines) is 4. The first-order valence-corrected chi connectivity index (χ1v) is 19.9. The molecule has 4 saturated heterocycles. The number of nitrogens with two attached hydrogens (primary N) is 4. The van der Waals surface area contributed by atoms with Gasteiger partial charge in [-0.05, 0) is 147 Å². The molecule has 0 aliphatic carbocycles. The fourth-order valence-electron chi connectivity index (χ4n) is 7.39. The number of piperidine rings is 2. The number of hydrogen-bond acceptors (Lipinski definition) is 9. The van der Waals surface area contributed by atoms with Crippen LogP contribution < -0.4 is 22.9 Å². The van der Waals surface area contributed by atoms with Crippen molar-refractivity contribution in [2.45, 2.75) is 194 Å². The molecule has 9 heteroatoms. The van der Waals surface area contributed by atoms with Gasteiger partial charge in [0.05, 0.1) is 6.10 Å². The standard InChI is InChI=1S/C10H22N2O.3C10H22N2/c1-7-5-12(10(2,3)4)6-8(11)9(7)13;1-8-5-9(11)7-12(6-8)10(2,3)4;1-10(2,3)12-7-4-5-9(11)6-8-12;1-10(2,3)12-7-5-4-6-9(11)8-12/h7-9,13H,5-6,11H2,1-4H3;8-9H,5-7,11H2,1-4H3;2*9H,4-8,11H2,1-3H3. The Kier molecular flexibility index (Phi) is 19.2. The molecule has 0 saturated carbocycles. The smallest absolute Gasteiger partial charge is 0.0741 e. The van der Waals surface area contributed by atoms with E-state index in [9.17, 15) is 5.11 Å². The molecule has 0 radical (unpaired) electrons. The number of aliphatic hydroxyl groups is 1. The normalized spacial score (nSPS) is 32.3. The zero-order valence-corrected chi connectivity index (χ0v) is 35.2. The Hall–Kier alpha value is -0.360. The third-order valence-electron chi connectivity index (χ3n) is 10.9. The van der Waals surface area contributed by atoms with Gasteiger partial charge < -0.3 is 28.0 Å². The van der Waals surface area contributed by atoms with E-state index in [2.05, 4.69) is 117 Å². The van der Waals surface area contributed by atoms with Gasteiger partial charge in [-0.15, -0.1) is 0 Å². The maximum atomic E-state index is 9.68. The van der Waals surface area contributed by atoms with Crippen molar-refractivity contribution in [3.63, 3.8) is 0 Å². The van der Waals surface area contributed by atoms with Crippen molar-refractivity contribution < 1.29 is 5.11 Å². The second kappa shape index (κ2) is 20.2. The molecule has 0 aromatic rings. The minimum absolute atomic E-state index is 0.0945. The maximum Gasteiger partial charge on any atom is 0.0741 e. The molecule has 9 nitrogen and oxygen atoms in total. The van der Waals surface area contributed by atoms with Crippen LogP contribution in [0.3, 0.4) is 0 Å². The van der Waals surface area contributed by atoms with Crippen LogP contribution in [0.25, 0.3) is 0 Å². The van der Waals surface area contributed by atoms with Gasteiger partial charge in [-0.2, -0.15) is 0 Å². The second-order valence-corrected chi connectivity index (χ2v) is 20.1. The summed E-state index contributed by atoms with van der Waals surface area (Å²) in [4.78, 5) is 9.88. The maximum absolute atomic E-state index is 9.68. The molecule has 49 heavy (non-hydrogen) atoms. The molecular formula is C40H88N8O. The molecule has 0 amide bonds. The Bertz CT molecular complexity index is 855. The van der Waals surface area contributed by atoms with E-state index in [0.29, 0.717) is 29.2 Å². The minimum Gasteiger partial charge on any atom is -0.391 e. The molecule has 0 bridgehead atoms. The summed E-state index contributed by atoms with van der Waals surface area (Å²) in [6, 6.07) is 1.13. The topological polar surface area (TPSA) is 137 Å². The largest absolute Gasteiger partial charge is 0.391 e. The highest BCUT2D eigenvalue weighted by atomic mass is 16.3. The van der Waals surface area contributed by atoms with E-state index in [4.69, 9.17) is 22.9 Å². The predicted molar refractivity (Wildman–Crippen MR) is 214 cm³/mol. The van der Waals surface area contributed by atoms with Gasteiger partial charge in [0.15, 0.2) is 0 Å². The monoisotopic (exact) mass is 697 g/mol. The first-order chi connectivity index (χ1) is 22.2. The molecule has 4 fully saturated rings. The van der Waals surface area contributed by atoms with Crippen molar-refractivity contribution in [2.24, 2.45) is 34.8 Å². The molecule has 0 aromatic heterocycles. The lowest BCUT2D eigenvalue weighted by molar-refractivity contribution is -0.0160. The van der Waals surface area contributed by atoms with Crippen molar-refractivity contribution >= 4 is 0 Å². The van der Waals surface area contributed by atoms with Gasteiger partial charge in [0.1, 0.15) is 0 Å². The van der Waals surface area contributed by atoms with Crippen LogP contribution in [0.4, 0.5) is 0 Å². The Morgan fingerprint density at radius 2 is 0.939 bits per heavy atom.